The van der Waals surface area contributed by atoms with E-state index in [1.165, 1.54) is 0 Å². The van der Waals surface area contributed by atoms with Gasteiger partial charge in [0.05, 0.1) is 5.69 Å². The molecule has 1 aliphatic rings. The van der Waals surface area contributed by atoms with Crippen molar-refractivity contribution in [1.82, 2.24) is 25.2 Å². The number of carbonyl (C=O) groups is 1. The molecule has 0 radical (unpaired) electrons. The fraction of sp³-hybridized carbons (Fsp3) is 0.429. The van der Waals surface area contributed by atoms with Gasteiger partial charge in [-0.25, -0.2) is 4.68 Å². The average molecular weight is 379 g/mol. The van der Waals surface area contributed by atoms with E-state index in [9.17, 15) is 4.79 Å². The van der Waals surface area contributed by atoms with E-state index < -0.39 is 0 Å². The molecule has 4 rings (SSSR count). The van der Waals surface area contributed by atoms with Crippen LogP contribution in [0.1, 0.15) is 66.1 Å². The Labute approximate surface area is 164 Å². The van der Waals surface area contributed by atoms with Crippen LogP contribution < -0.4 is 5.32 Å². The van der Waals surface area contributed by atoms with E-state index in [0.717, 1.165) is 48.5 Å². The molecule has 1 aromatic carbocycles. The van der Waals surface area contributed by atoms with Gasteiger partial charge in [-0.2, -0.15) is 10.1 Å². The first kappa shape index (κ1) is 18.4. The number of amides is 1. The molecule has 2 heterocycles. The molecule has 1 amide bonds. The van der Waals surface area contributed by atoms with Crippen LogP contribution in [-0.4, -0.2) is 32.4 Å². The van der Waals surface area contributed by atoms with Crippen molar-refractivity contribution in [1.29, 1.82) is 0 Å². The van der Waals surface area contributed by atoms with Gasteiger partial charge < -0.3 is 9.84 Å². The molecule has 0 saturated carbocycles. The van der Waals surface area contributed by atoms with E-state index >= 15 is 0 Å². The number of fused-ring (bicyclic) bond motifs is 1. The SMILES string of the molecule is CC(C)c1noc(CCCNC(=O)c2nn(-c3ccccc3)c3c2CCC3)n1. The van der Waals surface area contributed by atoms with Gasteiger partial charge in [0.25, 0.3) is 5.91 Å². The molecule has 28 heavy (non-hydrogen) atoms. The molecule has 0 bridgehead atoms. The van der Waals surface area contributed by atoms with Crippen LogP contribution in [0.3, 0.4) is 0 Å². The predicted octanol–water partition coefficient (Wildman–Crippen LogP) is 3.23. The van der Waals surface area contributed by atoms with Crippen LogP contribution >= 0.6 is 0 Å². The third kappa shape index (κ3) is 3.69. The molecular formula is C21H25N5O2. The van der Waals surface area contributed by atoms with Crippen molar-refractivity contribution in [2.24, 2.45) is 0 Å². The summed E-state index contributed by atoms with van der Waals surface area (Å²) in [6.45, 7) is 4.61. The van der Waals surface area contributed by atoms with Crippen molar-refractivity contribution >= 4 is 5.91 Å². The van der Waals surface area contributed by atoms with Crippen LogP contribution in [0.2, 0.25) is 0 Å². The molecule has 2 aromatic heterocycles. The summed E-state index contributed by atoms with van der Waals surface area (Å²) < 4.78 is 7.16. The largest absolute Gasteiger partial charge is 0.351 e. The smallest absolute Gasteiger partial charge is 0.272 e. The van der Waals surface area contributed by atoms with E-state index in [4.69, 9.17) is 4.52 Å². The molecule has 7 heteroatoms. The van der Waals surface area contributed by atoms with Gasteiger partial charge in [0, 0.05) is 30.1 Å². The van der Waals surface area contributed by atoms with E-state index in [1.807, 2.05) is 48.9 Å². The lowest BCUT2D eigenvalue weighted by atomic mass is 10.2. The maximum atomic E-state index is 12.7. The lowest BCUT2D eigenvalue weighted by molar-refractivity contribution is 0.0946. The molecular weight excluding hydrogens is 354 g/mol. The first-order chi connectivity index (χ1) is 13.6. The predicted molar refractivity (Wildman–Crippen MR) is 105 cm³/mol. The molecule has 0 fully saturated rings. The summed E-state index contributed by atoms with van der Waals surface area (Å²) in [6, 6.07) is 9.99. The summed E-state index contributed by atoms with van der Waals surface area (Å²) in [5.41, 5.74) is 3.79. The molecule has 7 nitrogen and oxygen atoms in total. The number of nitrogens with zero attached hydrogens (tertiary/aromatic N) is 4. The van der Waals surface area contributed by atoms with Gasteiger partial charge in [-0.05, 0) is 37.8 Å². The van der Waals surface area contributed by atoms with Gasteiger partial charge in [0.2, 0.25) is 5.89 Å². The molecule has 0 aliphatic heterocycles. The lowest BCUT2D eigenvalue weighted by Crippen LogP contribution is -2.26. The molecule has 0 unspecified atom stereocenters. The molecule has 1 N–H and O–H groups in total. The van der Waals surface area contributed by atoms with Crippen molar-refractivity contribution in [3.8, 4) is 5.69 Å². The van der Waals surface area contributed by atoms with Crippen LogP contribution in [0, 0.1) is 0 Å². The molecule has 0 saturated heterocycles. The maximum absolute atomic E-state index is 12.7. The summed E-state index contributed by atoms with van der Waals surface area (Å²) in [6.07, 6.45) is 4.32. The minimum atomic E-state index is -0.110. The summed E-state index contributed by atoms with van der Waals surface area (Å²) >= 11 is 0. The number of aryl methyl sites for hydroxylation is 1. The number of para-hydroxylation sites is 1. The van der Waals surface area contributed by atoms with Crippen LogP contribution in [-0.2, 0) is 19.3 Å². The van der Waals surface area contributed by atoms with Crippen LogP contribution in [0.25, 0.3) is 5.69 Å². The Hall–Kier alpha value is -2.96. The molecule has 0 atom stereocenters. The molecule has 1 aliphatic carbocycles. The first-order valence-corrected chi connectivity index (χ1v) is 9.90. The minimum Gasteiger partial charge on any atom is -0.351 e. The van der Waals surface area contributed by atoms with E-state index in [2.05, 4.69) is 20.6 Å². The van der Waals surface area contributed by atoms with Gasteiger partial charge in [0.1, 0.15) is 0 Å². The Morgan fingerprint density at radius 3 is 2.82 bits per heavy atom. The Bertz CT molecular complexity index is 959. The van der Waals surface area contributed by atoms with Crippen molar-refractivity contribution in [2.75, 3.05) is 6.54 Å². The summed E-state index contributed by atoms with van der Waals surface area (Å²) in [5.74, 6) is 1.48. The second kappa shape index (κ2) is 7.96. The summed E-state index contributed by atoms with van der Waals surface area (Å²) in [7, 11) is 0. The number of benzene rings is 1. The highest BCUT2D eigenvalue weighted by molar-refractivity contribution is 5.94. The Morgan fingerprint density at radius 2 is 2.07 bits per heavy atom. The van der Waals surface area contributed by atoms with Gasteiger partial charge >= 0.3 is 0 Å². The number of hydrogen-bond acceptors (Lipinski definition) is 5. The highest BCUT2D eigenvalue weighted by Crippen LogP contribution is 2.27. The zero-order valence-corrected chi connectivity index (χ0v) is 16.3. The minimum absolute atomic E-state index is 0.110. The topological polar surface area (TPSA) is 85.8 Å². The van der Waals surface area contributed by atoms with Crippen molar-refractivity contribution in [3.63, 3.8) is 0 Å². The zero-order valence-electron chi connectivity index (χ0n) is 16.3. The fourth-order valence-corrected chi connectivity index (χ4v) is 3.53. The highest BCUT2D eigenvalue weighted by atomic mass is 16.5. The number of aromatic nitrogens is 4. The second-order valence-corrected chi connectivity index (χ2v) is 7.44. The number of carbonyl (C=O) groups excluding carboxylic acids is 1. The standard InChI is InChI=1S/C21H25N5O2/c1-14(2)20-23-18(28-25-20)12-7-13-22-21(27)19-16-10-6-11-17(16)26(24-19)15-8-4-3-5-9-15/h3-5,8-9,14H,6-7,10-13H2,1-2H3,(H,22,27). The van der Waals surface area contributed by atoms with Gasteiger partial charge in [-0.3, -0.25) is 4.79 Å². The quantitative estimate of drug-likeness (QED) is 0.637. The maximum Gasteiger partial charge on any atom is 0.272 e. The lowest BCUT2D eigenvalue weighted by Gasteiger charge is -2.05. The molecule has 146 valence electrons. The highest BCUT2D eigenvalue weighted by Gasteiger charge is 2.26. The van der Waals surface area contributed by atoms with Crippen molar-refractivity contribution in [3.05, 3.63) is 59.0 Å². The molecule has 3 aromatic rings. The van der Waals surface area contributed by atoms with Crippen molar-refractivity contribution in [2.45, 2.75) is 51.9 Å². The summed E-state index contributed by atoms with van der Waals surface area (Å²) in [4.78, 5) is 17.1. The van der Waals surface area contributed by atoms with E-state index in [0.29, 0.717) is 24.6 Å². The number of rotatable bonds is 7. The van der Waals surface area contributed by atoms with Crippen LogP contribution in [0.5, 0.6) is 0 Å². The van der Waals surface area contributed by atoms with E-state index in [1.54, 1.807) is 0 Å². The average Bonchev–Trinajstić information content (AvgIpc) is 3.42. The number of nitrogens with one attached hydrogen (secondary N) is 1. The van der Waals surface area contributed by atoms with Gasteiger partial charge in [0.15, 0.2) is 11.5 Å². The third-order valence-corrected chi connectivity index (χ3v) is 5.00. The Balaban J connectivity index is 1.38. The monoisotopic (exact) mass is 379 g/mol. The fourth-order valence-electron chi connectivity index (χ4n) is 3.53. The normalized spacial score (nSPS) is 13.1. The zero-order chi connectivity index (χ0) is 19.5. The Kier molecular flexibility index (Phi) is 5.23. The van der Waals surface area contributed by atoms with E-state index in [-0.39, 0.29) is 11.8 Å². The van der Waals surface area contributed by atoms with Crippen LogP contribution in [0.4, 0.5) is 0 Å². The van der Waals surface area contributed by atoms with Crippen LogP contribution in [0.15, 0.2) is 34.9 Å². The Morgan fingerprint density at radius 1 is 1.25 bits per heavy atom. The van der Waals surface area contributed by atoms with Crippen molar-refractivity contribution < 1.29 is 9.32 Å². The summed E-state index contributed by atoms with van der Waals surface area (Å²) in [5, 5.41) is 11.6. The first-order valence-electron chi connectivity index (χ1n) is 9.90. The van der Waals surface area contributed by atoms with Gasteiger partial charge in [-0.1, -0.05) is 37.2 Å². The van der Waals surface area contributed by atoms with Gasteiger partial charge in [-0.15, -0.1) is 0 Å². The second-order valence-electron chi connectivity index (χ2n) is 7.44. The third-order valence-electron chi connectivity index (χ3n) is 5.00. The molecule has 0 spiro atoms. The number of hydrogen-bond donors (Lipinski definition) is 1.